The Hall–Kier alpha value is -4.13. The third kappa shape index (κ3) is 4.88. The van der Waals surface area contributed by atoms with Gasteiger partial charge >= 0.3 is 5.97 Å². The van der Waals surface area contributed by atoms with Crippen molar-refractivity contribution in [3.8, 4) is 5.75 Å². The van der Waals surface area contributed by atoms with Gasteiger partial charge in [-0.15, -0.1) is 0 Å². The van der Waals surface area contributed by atoms with Gasteiger partial charge in [0.05, 0.1) is 23.1 Å². The number of benzene rings is 2. The fourth-order valence-electron chi connectivity index (χ4n) is 5.37. The van der Waals surface area contributed by atoms with E-state index in [-0.39, 0.29) is 41.0 Å². The Kier molecular flexibility index (Phi) is 6.69. The number of Topliss-reactive ketones (excluding diaryl/α,β-unsaturated/α-hetero) is 1. The first-order valence-electron chi connectivity index (χ1n) is 12.8. The number of hydrogen-bond donors (Lipinski definition) is 1. The van der Waals surface area contributed by atoms with Gasteiger partial charge in [-0.25, -0.2) is 4.79 Å². The van der Waals surface area contributed by atoms with Crippen LogP contribution >= 0.6 is 0 Å². The van der Waals surface area contributed by atoms with E-state index in [1.54, 1.807) is 19.1 Å². The van der Waals surface area contributed by atoms with Gasteiger partial charge in [0.25, 0.3) is 0 Å². The molecule has 0 amide bonds. The molecule has 5 rings (SSSR count). The lowest BCUT2D eigenvalue weighted by Crippen LogP contribution is -2.40. The van der Waals surface area contributed by atoms with Crippen molar-refractivity contribution in [1.29, 1.82) is 0 Å². The number of carbonyl (C=O) groups is 2. The van der Waals surface area contributed by atoms with Gasteiger partial charge in [-0.2, -0.15) is 0 Å². The summed E-state index contributed by atoms with van der Waals surface area (Å²) in [4.78, 5) is 40.8. The van der Waals surface area contributed by atoms with E-state index in [1.807, 2.05) is 57.2 Å². The highest BCUT2D eigenvalue weighted by Crippen LogP contribution is 2.46. The summed E-state index contributed by atoms with van der Waals surface area (Å²) in [6, 6.07) is 14.6. The number of fused-ring (bicyclic) bond motifs is 1. The van der Waals surface area contributed by atoms with E-state index in [0.29, 0.717) is 40.8 Å². The van der Waals surface area contributed by atoms with Crippen molar-refractivity contribution < 1.29 is 23.5 Å². The van der Waals surface area contributed by atoms with Crippen molar-refractivity contribution in [2.75, 3.05) is 13.2 Å². The Labute approximate surface area is 221 Å². The molecule has 2 aliphatic rings. The summed E-state index contributed by atoms with van der Waals surface area (Å²) in [6.45, 7) is 7.91. The van der Waals surface area contributed by atoms with E-state index >= 15 is 0 Å². The maximum Gasteiger partial charge on any atom is 0.336 e. The zero-order valence-corrected chi connectivity index (χ0v) is 22.1. The Balaban J connectivity index is 1.53. The van der Waals surface area contributed by atoms with Crippen LogP contribution in [0, 0.1) is 12.3 Å². The van der Waals surface area contributed by atoms with E-state index in [9.17, 15) is 14.4 Å². The molecule has 1 aliphatic carbocycles. The molecule has 1 aliphatic heterocycles. The highest BCUT2D eigenvalue weighted by Gasteiger charge is 2.44. The number of ether oxygens (including phenoxy) is 2. The monoisotopic (exact) mass is 513 g/mol. The van der Waals surface area contributed by atoms with Gasteiger partial charge in [0, 0.05) is 29.0 Å². The predicted octanol–water partition coefficient (Wildman–Crippen LogP) is 5.33. The summed E-state index contributed by atoms with van der Waals surface area (Å²) < 4.78 is 17.1. The molecule has 7 nitrogen and oxygen atoms in total. The van der Waals surface area contributed by atoms with Crippen LogP contribution in [-0.4, -0.2) is 25.0 Å². The zero-order chi connectivity index (χ0) is 27.0. The zero-order valence-electron chi connectivity index (χ0n) is 22.1. The summed E-state index contributed by atoms with van der Waals surface area (Å²) in [5.74, 6) is -0.920. The van der Waals surface area contributed by atoms with Gasteiger partial charge in [0.1, 0.15) is 24.5 Å². The molecule has 1 atom stereocenters. The molecular weight excluding hydrogens is 482 g/mol. The van der Waals surface area contributed by atoms with Crippen molar-refractivity contribution in [3.63, 3.8) is 0 Å². The molecule has 1 aromatic heterocycles. The second kappa shape index (κ2) is 9.97. The van der Waals surface area contributed by atoms with Crippen LogP contribution in [0.1, 0.15) is 50.7 Å². The maximum absolute atomic E-state index is 13.8. The van der Waals surface area contributed by atoms with Crippen molar-refractivity contribution in [2.24, 2.45) is 5.41 Å². The van der Waals surface area contributed by atoms with Crippen molar-refractivity contribution in [1.82, 2.24) is 5.32 Å². The lowest BCUT2D eigenvalue weighted by Gasteiger charge is -2.39. The topological polar surface area (TPSA) is 94.8 Å². The third-order valence-electron chi connectivity index (χ3n) is 7.05. The molecule has 1 N–H and O–H groups in total. The summed E-state index contributed by atoms with van der Waals surface area (Å²) in [7, 11) is 0. The van der Waals surface area contributed by atoms with E-state index in [4.69, 9.17) is 13.9 Å². The standard InChI is InChI=1S/C31H31NO6/c1-18-10-11-25-21(14-18)29(34)22(17-38-25)27-26(30(35)37-13-12-36-20-8-6-5-7-9-20)19(2)32-23-15-31(3,4)16-24(33)28(23)27/h5-11,14,17,27,32H,12-13,15-16H2,1-4H3/t27-/m0/s1. The summed E-state index contributed by atoms with van der Waals surface area (Å²) in [5.41, 5.74) is 3.05. The van der Waals surface area contributed by atoms with Crippen molar-refractivity contribution in [3.05, 3.63) is 98.7 Å². The van der Waals surface area contributed by atoms with Crippen molar-refractivity contribution >= 4 is 22.7 Å². The van der Waals surface area contributed by atoms with Gasteiger partial charge < -0.3 is 19.2 Å². The second-order valence-electron chi connectivity index (χ2n) is 10.7. The van der Waals surface area contributed by atoms with E-state index < -0.39 is 11.9 Å². The Bertz CT molecular complexity index is 1540. The average molecular weight is 514 g/mol. The van der Waals surface area contributed by atoms with Gasteiger partial charge in [-0.3, -0.25) is 9.59 Å². The predicted molar refractivity (Wildman–Crippen MR) is 144 cm³/mol. The fraction of sp³-hybridized carbons (Fsp3) is 0.323. The summed E-state index contributed by atoms with van der Waals surface area (Å²) in [6.07, 6.45) is 2.31. The summed E-state index contributed by atoms with van der Waals surface area (Å²) in [5, 5.41) is 3.70. The molecular formula is C31H31NO6. The second-order valence-corrected chi connectivity index (χ2v) is 10.7. The molecule has 38 heavy (non-hydrogen) atoms. The maximum atomic E-state index is 13.8. The highest BCUT2D eigenvalue weighted by molar-refractivity contribution is 6.04. The van der Waals surface area contributed by atoms with Crippen LogP contribution in [-0.2, 0) is 14.3 Å². The molecule has 7 heteroatoms. The molecule has 0 unspecified atom stereocenters. The van der Waals surface area contributed by atoms with E-state index in [1.165, 1.54) is 6.26 Å². The average Bonchev–Trinajstić information content (AvgIpc) is 2.86. The molecule has 3 aromatic rings. The first-order valence-corrected chi connectivity index (χ1v) is 12.8. The quantitative estimate of drug-likeness (QED) is 0.352. The fourth-order valence-corrected chi connectivity index (χ4v) is 5.37. The van der Waals surface area contributed by atoms with E-state index in [2.05, 4.69) is 5.32 Å². The smallest absolute Gasteiger partial charge is 0.336 e. The third-order valence-corrected chi connectivity index (χ3v) is 7.05. The lowest BCUT2D eigenvalue weighted by atomic mass is 9.68. The SMILES string of the molecule is CC1=C(C(=O)OCCOc2ccccc2)[C@H](c2coc3ccc(C)cc3c2=O)C2=C(CC(C)(C)CC2=O)N1. The van der Waals surface area contributed by atoms with Crippen LogP contribution in [0.2, 0.25) is 0 Å². The highest BCUT2D eigenvalue weighted by atomic mass is 16.6. The summed E-state index contributed by atoms with van der Waals surface area (Å²) >= 11 is 0. The van der Waals surface area contributed by atoms with Crippen LogP contribution in [0.4, 0.5) is 0 Å². The van der Waals surface area contributed by atoms with Crippen LogP contribution in [0.5, 0.6) is 5.75 Å². The first kappa shape index (κ1) is 25.5. The molecule has 0 spiro atoms. The number of dihydropyridines is 1. The van der Waals surface area contributed by atoms with E-state index in [0.717, 1.165) is 11.3 Å². The number of carbonyl (C=O) groups excluding carboxylic acids is 2. The minimum atomic E-state index is -0.890. The van der Waals surface area contributed by atoms with Crippen molar-refractivity contribution in [2.45, 2.75) is 46.5 Å². The minimum absolute atomic E-state index is 0.00956. The number of para-hydroxylation sites is 1. The molecule has 2 heterocycles. The number of rotatable bonds is 6. The van der Waals surface area contributed by atoms with Crippen LogP contribution in [0.3, 0.4) is 0 Å². The lowest BCUT2D eigenvalue weighted by molar-refractivity contribution is -0.140. The largest absolute Gasteiger partial charge is 0.490 e. The Morgan fingerprint density at radius 2 is 1.82 bits per heavy atom. The van der Waals surface area contributed by atoms with Gasteiger partial charge in [0.15, 0.2) is 11.2 Å². The number of ketones is 1. The molecule has 2 aromatic carbocycles. The molecule has 0 saturated heterocycles. The minimum Gasteiger partial charge on any atom is -0.490 e. The number of allylic oxidation sites excluding steroid dienone is 3. The number of esters is 1. The normalized spacial score (nSPS) is 18.7. The first-order chi connectivity index (χ1) is 18.1. The molecule has 0 saturated carbocycles. The number of hydrogen-bond acceptors (Lipinski definition) is 7. The van der Waals surface area contributed by atoms with Crippen LogP contribution in [0.15, 0.2) is 86.5 Å². The van der Waals surface area contributed by atoms with Gasteiger partial charge in [-0.05, 0) is 49.9 Å². The number of nitrogens with one attached hydrogen (secondary N) is 1. The molecule has 196 valence electrons. The van der Waals surface area contributed by atoms with Crippen LogP contribution < -0.4 is 15.5 Å². The number of aryl methyl sites for hydroxylation is 1. The van der Waals surface area contributed by atoms with Gasteiger partial charge in [-0.1, -0.05) is 43.7 Å². The Morgan fingerprint density at radius 3 is 2.58 bits per heavy atom. The molecule has 0 fully saturated rings. The molecule has 0 radical (unpaired) electrons. The van der Waals surface area contributed by atoms with Gasteiger partial charge in [0.2, 0.25) is 0 Å². The molecule has 0 bridgehead atoms. The van der Waals surface area contributed by atoms with Crippen LogP contribution in [0.25, 0.3) is 11.0 Å². The Morgan fingerprint density at radius 1 is 1.05 bits per heavy atom.